The van der Waals surface area contributed by atoms with Crippen LogP contribution in [0.25, 0.3) is 0 Å². The lowest BCUT2D eigenvalue weighted by Gasteiger charge is -2.36. The van der Waals surface area contributed by atoms with Gasteiger partial charge in [-0.2, -0.15) is 5.26 Å². The number of piperazine rings is 1. The highest BCUT2D eigenvalue weighted by Gasteiger charge is 2.26. The number of nitriles is 1. The fourth-order valence-corrected chi connectivity index (χ4v) is 3.82. The second-order valence-electron chi connectivity index (χ2n) is 7.46. The zero-order valence-corrected chi connectivity index (χ0v) is 16.2. The van der Waals surface area contributed by atoms with E-state index in [1.807, 2.05) is 37.3 Å². The molecule has 1 fully saturated rings. The van der Waals surface area contributed by atoms with E-state index in [2.05, 4.69) is 27.3 Å². The summed E-state index contributed by atoms with van der Waals surface area (Å²) in [6, 6.07) is 14.1. The number of carbonyl (C=O) groups is 1. The fourth-order valence-electron chi connectivity index (χ4n) is 3.82. The summed E-state index contributed by atoms with van der Waals surface area (Å²) in [6.07, 6.45) is -0.452. The van der Waals surface area contributed by atoms with Gasteiger partial charge in [0.2, 0.25) is 0 Å². The van der Waals surface area contributed by atoms with Crippen LogP contribution in [0.3, 0.4) is 0 Å². The van der Waals surface area contributed by atoms with E-state index in [1.165, 1.54) is 5.56 Å². The molecule has 0 bridgehead atoms. The Morgan fingerprint density at radius 3 is 2.57 bits per heavy atom. The van der Waals surface area contributed by atoms with Crippen molar-refractivity contribution >= 4 is 17.3 Å². The molecule has 2 heterocycles. The Balaban J connectivity index is 1.40. The van der Waals surface area contributed by atoms with E-state index in [-0.39, 0.29) is 5.91 Å². The van der Waals surface area contributed by atoms with Crippen LogP contribution >= 0.6 is 0 Å². The Bertz CT molecular complexity index is 925. The molecule has 0 radical (unpaired) electrons. The normalized spacial score (nSPS) is 19.4. The molecule has 1 unspecified atom stereocenters. The van der Waals surface area contributed by atoms with Gasteiger partial charge >= 0.3 is 0 Å². The average Bonchev–Trinajstić information content (AvgIpc) is 2.70. The minimum Gasteiger partial charge on any atom is -0.478 e. The standard InChI is InChI=1S/C22H24N4O2/c1-15-11-18(12-20-21(15)28-16(2)22(27)24-20)14-25-7-9-26(10-8-25)19-5-3-17(13-23)4-6-19/h3-6,11-12,16H,7-10,14H2,1-2H3,(H,24,27). The average molecular weight is 376 g/mol. The number of nitrogens with one attached hydrogen (secondary N) is 1. The molecule has 6 heteroatoms. The van der Waals surface area contributed by atoms with Crippen molar-refractivity contribution in [1.82, 2.24) is 4.90 Å². The third-order valence-corrected chi connectivity index (χ3v) is 5.40. The smallest absolute Gasteiger partial charge is 0.265 e. The zero-order valence-electron chi connectivity index (χ0n) is 16.2. The van der Waals surface area contributed by atoms with E-state index >= 15 is 0 Å². The molecule has 1 saturated heterocycles. The molecule has 2 aliphatic heterocycles. The summed E-state index contributed by atoms with van der Waals surface area (Å²) in [6.45, 7) is 8.47. The molecule has 0 spiro atoms. The molecular weight excluding hydrogens is 352 g/mol. The monoisotopic (exact) mass is 376 g/mol. The number of nitrogens with zero attached hydrogens (tertiary/aromatic N) is 3. The molecule has 144 valence electrons. The maximum atomic E-state index is 11.9. The van der Waals surface area contributed by atoms with E-state index in [1.54, 1.807) is 6.92 Å². The van der Waals surface area contributed by atoms with Gasteiger partial charge in [0.15, 0.2) is 6.10 Å². The highest BCUT2D eigenvalue weighted by molar-refractivity contribution is 5.97. The lowest BCUT2D eigenvalue weighted by atomic mass is 10.1. The Kier molecular flexibility index (Phi) is 4.93. The fraction of sp³-hybridized carbons (Fsp3) is 0.364. The SMILES string of the molecule is Cc1cc(CN2CCN(c3ccc(C#N)cc3)CC2)cc2c1OC(C)C(=O)N2. The molecule has 6 nitrogen and oxygen atoms in total. The zero-order chi connectivity index (χ0) is 19.7. The van der Waals surface area contributed by atoms with Gasteiger partial charge in [0.1, 0.15) is 5.75 Å². The van der Waals surface area contributed by atoms with Crippen molar-refractivity contribution in [3.05, 3.63) is 53.1 Å². The van der Waals surface area contributed by atoms with Crippen LogP contribution < -0.4 is 15.0 Å². The number of aryl methyl sites for hydroxylation is 1. The molecule has 2 aromatic rings. The number of fused-ring (bicyclic) bond motifs is 1. The third kappa shape index (κ3) is 3.67. The highest BCUT2D eigenvalue weighted by Crippen LogP contribution is 2.34. The lowest BCUT2D eigenvalue weighted by molar-refractivity contribution is -0.122. The molecule has 0 aromatic heterocycles. The number of amides is 1. The molecule has 28 heavy (non-hydrogen) atoms. The van der Waals surface area contributed by atoms with Gasteiger partial charge in [-0.1, -0.05) is 6.07 Å². The Morgan fingerprint density at radius 2 is 1.89 bits per heavy atom. The summed E-state index contributed by atoms with van der Waals surface area (Å²) < 4.78 is 5.75. The summed E-state index contributed by atoms with van der Waals surface area (Å²) in [5.41, 5.74) is 4.86. The Hall–Kier alpha value is -3.04. The summed E-state index contributed by atoms with van der Waals surface area (Å²) in [5.74, 6) is 0.682. The number of ether oxygens (including phenoxy) is 1. The van der Waals surface area contributed by atoms with E-state index in [0.717, 1.165) is 55.4 Å². The molecule has 1 atom stereocenters. The summed E-state index contributed by atoms with van der Waals surface area (Å²) in [5, 5.41) is 11.9. The number of hydrogen-bond donors (Lipinski definition) is 1. The van der Waals surface area contributed by atoms with E-state index < -0.39 is 6.10 Å². The first kappa shape index (κ1) is 18.3. The van der Waals surface area contributed by atoms with Crippen molar-refractivity contribution in [2.45, 2.75) is 26.5 Å². The van der Waals surface area contributed by atoms with Crippen LogP contribution in [0.4, 0.5) is 11.4 Å². The lowest BCUT2D eigenvalue weighted by Crippen LogP contribution is -2.46. The predicted octanol–water partition coefficient (Wildman–Crippen LogP) is 2.91. The molecule has 0 saturated carbocycles. The minimum absolute atomic E-state index is 0.0971. The number of carbonyl (C=O) groups excluding carboxylic acids is 1. The van der Waals surface area contributed by atoms with E-state index in [0.29, 0.717) is 5.56 Å². The first-order valence-electron chi connectivity index (χ1n) is 9.62. The molecule has 0 aliphatic carbocycles. The number of rotatable bonds is 3. The second-order valence-corrected chi connectivity index (χ2v) is 7.46. The van der Waals surface area contributed by atoms with E-state index in [9.17, 15) is 4.79 Å². The van der Waals surface area contributed by atoms with Crippen LogP contribution in [0, 0.1) is 18.3 Å². The first-order chi connectivity index (χ1) is 13.5. The first-order valence-corrected chi connectivity index (χ1v) is 9.62. The minimum atomic E-state index is -0.452. The van der Waals surface area contributed by atoms with Gasteiger partial charge in [-0.05, 0) is 55.3 Å². The third-order valence-electron chi connectivity index (χ3n) is 5.40. The van der Waals surface area contributed by atoms with Gasteiger partial charge in [-0.3, -0.25) is 9.69 Å². The van der Waals surface area contributed by atoms with Crippen LogP contribution in [0.15, 0.2) is 36.4 Å². The number of anilines is 2. The highest BCUT2D eigenvalue weighted by atomic mass is 16.5. The largest absolute Gasteiger partial charge is 0.478 e. The summed E-state index contributed by atoms with van der Waals surface area (Å²) in [7, 11) is 0. The van der Waals surface area contributed by atoms with Crippen LogP contribution in [0.2, 0.25) is 0 Å². The van der Waals surface area contributed by atoms with Gasteiger partial charge in [0, 0.05) is 38.4 Å². The maximum Gasteiger partial charge on any atom is 0.265 e. The summed E-state index contributed by atoms with van der Waals surface area (Å²) in [4.78, 5) is 16.7. The van der Waals surface area contributed by atoms with Crippen LogP contribution in [0.5, 0.6) is 5.75 Å². The van der Waals surface area contributed by atoms with Crippen molar-refractivity contribution in [3.63, 3.8) is 0 Å². The van der Waals surface area contributed by atoms with Crippen molar-refractivity contribution in [2.75, 3.05) is 36.4 Å². The maximum absolute atomic E-state index is 11.9. The van der Waals surface area contributed by atoms with Crippen molar-refractivity contribution in [2.24, 2.45) is 0 Å². The van der Waals surface area contributed by atoms with Crippen LogP contribution in [-0.2, 0) is 11.3 Å². The van der Waals surface area contributed by atoms with Gasteiger partial charge in [0.25, 0.3) is 5.91 Å². The Morgan fingerprint density at radius 1 is 1.18 bits per heavy atom. The summed E-state index contributed by atoms with van der Waals surface area (Å²) >= 11 is 0. The molecule has 2 aliphatic rings. The van der Waals surface area contributed by atoms with Gasteiger partial charge in [0.05, 0.1) is 17.3 Å². The molecule has 1 amide bonds. The van der Waals surface area contributed by atoms with Crippen molar-refractivity contribution < 1.29 is 9.53 Å². The molecule has 4 rings (SSSR count). The Labute approximate surface area is 165 Å². The molecule has 1 N–H and O–H groups in total. The number of benzene rings is 2. The van der Waals surface area contributed by atoms with E-state index in [4.69, 9.17) is 10.00 Å². The quantitative estimate of drug-likeness (QED) is 0.892. The topological polar surface area (TPSA) is 68.6 Å². The predicted molar refractivity (Wildman–Crippen MR) is 109 cm³/mol. The van der Waals surface area contributed by atoms with Crippen LogP contribution in [-0.4, -0.2) is 43.1 Å². The molecule has 2 aromatic carbocycles. The number of hydrogen-bond acceptors (Lipinski definition) is 5. The van der Waals surface area contributed by atoms with Gasteiger partial charge in [-0.15, -0.1) is 0 Å². The van der Waals surface area contributed by atoms with Crippen molar-refractivity contribution in [3.8, 4) is 11.8 Å². The molecular formula is C22H24N4O2. The van der Waals surface area contributed by atoms with Crippen LogP contribution in [0.1, 0.15) is 23.6 Å². The van der Waals surface area contributed by atoms with Gasteiger partial charge < -0.3 is 15.0 Å². The second kappa shape index (κ2) is 7.53. The van der Waals surface area contributed by atoms with Gasteiger partial charge in [-0.25, -0.2) is 0 Å². The van der Waals surface area contributed by atoms with Crippen molar-refractivity contribution in [1.29, 1.82) is 5.26 Å².